The molecule has 0 spiro atoms. The summed E-state index contributed by atoms with van der Waals surface area (Å²) in [5.41, 5.74) is 16.5. The molecule has 15 N–H and O–H groups in total. The van der Waals surface area contributed by atoms with Crippen molar-refractivity contribution in [3.8, 4) is 0 Å². The van der Waals surface area contributed by atoms with E-state index in [-0.39, 0.29) is 38.0 Å². The Morgan fingerprint density at radius 1 is 0.639 bits per heavy atom. The maximum Gasteiger partial charge on any atom is 0.245 e. The number of benzene rings is 2. The summed E-state index contributed by atoms with van der Waals surface area (Å²) in [6.45, 7) is 12.5. The maximum absolute atomic E-state index is 14.4. The topological polar surface area (TPSA) is 360 Å². The third-order valence-corrected chi connectivity index (χ3v) is 12.3. The Labute approximate surface area is 418 Å². The molecule has 9 amide bonds. The van der Waals surface area contributed by atoms with Gasteiger partial charge in [-0.2, -0.15) is 0 Å². The van der Waals surface area contributed by atoms with Crippen LogP contribution in [0, 0.1) is 11.8 Å². The van der Waals surface area contributed by atoms with Crippen LogP contribution in [-0.4, -0.2) is 115 Å². The third-order valence-electron chi connectivity index (χ3n) is 12.3. The SMILES string of the molecule is CC[C@H](C)[C@H](NC(=O)[C@H](Cc1cnc[nH]1)NC(=O)C(C)(C)NC(=O)[C@@H](NC(=O)C(C)(C)NC(=O)[C@H](Cc1c[nH]c2ccccc12)NC(=O)[C@H](CCC(N)=O)NC(=O)[C@H](N)Cc1ccccc1)C(C)C)C(N)=O. The first-order chi connectivity index (χ1) is 33.8. The van der Waals surface area contributed by atoms with E-state index in [1.54, 1.807) is 57.3 Å². The van der Waals surface area contributed by atoms with Crippen molar-refractivity contribution in [2.24, 2.45) is 29.0 Å². The fraction of sp³-hybridized carbons (Fsp3) is 0.480. The van der Waals surface area contributed by atoms with Crippen molar-refractivity contribution < 1.29 is 43.2 Å². The van der Waals surface area contributed by atoms with Crippen LogP contribution in [0.1, 0.15) is 91.5 Å². The van der Waals surface area contributed by atoms with Crippen molar-refractivity contribution >= 4 is 64.1 Å². The highest BCUT2D eigenvalue weighted by molar-refractivity contribution is 6.00. The molecule has 390 valence electrons. The largest absolute Gasteiger partial charge is 0.370 e. The van der Waals surface area contributed by atoms with Crippen LogP contribution in [0.3, 0.4) is 0 Å². The first-order valence-corrected chi connectivity index (χ1v) is 23.9. The van der Waals surface area contributed by atoms with Gasteiger partial charge in [0.2, 0.25) is 53.2 Å². The van der Waals surface area contributed by atoms with E-state index in [0.29, 0.717) is 17.7 Å². The Kier molecular flexibility index (Phi) is 20.2. The Morgan fingerprint density at radius 2 is 1.22 bits per heavy atom. The summed E-state index contributed by atoms with van der Waals surface area (Å²) in [7, 11) is 0. The normalized spacial score (nSPS) is 14.6. The van der Waals surface area contributed by atoms with Crippen molar-refractivity contribution in [2.75, 3.05) is 0 Å². The first kappa shape index (κ1) is 57.0. The summed E-state index contributed by atoms with van der Waals surface area (Å²) in [5.74, 6) is -7.70. The molecular weight excluding hydrogens is 927 g/mol. The van der Waals surface area contributed by atoms with Gasteiger partial charge in [0.15, 0.2) is 0 Å². The lowest BCUT2D eigenvalue weighted by Gasteiger charge is -2.33. The number of rotatable bonds is 27. The van der Waals surface area contributed by atoms with Gasteiger partial charge in [-0.25, -0.2) is 4.98 Å². The number of hydrogen-bond acceptors (Lipinski definition) is 11. The van der Waals surface area contributed by atoms with Gasteiger partial charge >= 0.3 is 0 Å². The predicted molar refractivity (Wildman–Crippen MR) is 268 cm³/mol. The van der Waals surface area contributed by atoms with Crippen LogP contribution in [0.4, 0.5) is 0 Å². The van der Waals surface area contributed by atoms with E-state index in [4.69, 9.17) is 17.2 Å². The molecule has 0 bridgehead atoms. The second-order valence-electron chi connectivity index (χ2n) is 19.5. The molecule has 0 unspecified atom stereocenters. The van der Waals surface area contributed by atoms with Gasteiger partial charge < -0.3 is 64.4 Å². The molecule has 0 saturated heterocycles. The molecule has 2 aromatic carbocycles. The van der Waals surface area contributed by atoms with Crippen LogP contribution in [0.15, 0.2) is 73.3 Å². The molecule has 0 aliphatic rings. The van der Waals surface area contributed by atoms with E-state index in [2.05, 4.69) is 52.2 Å². The molecule has 2 aromatic heterocycles. The number of nitrogens with two attached hydrogens (primary N) is 3. The number of carbonyl (C=O) groups excluding carboxylic acids is 9. The maximum atomic E-state index is 14.4. The van der Waals surface area contributed by atoms with Gasteiger partial charge in [-0.15, -0.1) is 0 Å². The fourth-order valence-corrected chi connectivity index (χ4v) is 7.70. The minimum atomic E-state index is -1.74. The number of nitrogens with zero attached hydrogens (tertiary/aromatic N) is 1. The van der Waals surface area contributed by atoms with Crippen molar-refractivity contribution in [1.29, 1.82) is 0 Å². The zero-order chi connectivity index (χ0) is 53.5. The van der Waals surface area contributed by atoms with E-state index in [0.717, 1.165) is 16.5 Å². The van der Waals surface area contributed by atoms with Gasteiger partial charge in [0, 0.05) is 48.3 Å². The van der Waals surface area contributed by atoms with Crippen molar-refractivity contribution in [1.82, 2.24) is 52.2 Å². The van der Waals surface area contributed by atoms with Crippen LogP contribution >= 0.6 is 0 Å². The highest BCUT2D eigenvalue weighted by atomic mass is 16.2. The molecule has 7 atom stereocenters. The minimum absolute atomic E-state index is 0.0538. The number of primary amides is 2. The number of imidazole rings is 1. The predicted octanol–water partition coefficient (Wildman–Crippen LogP) is -0.0873. The Hall–Kier alpha value is -7.62. The number of hydrogen-bond donors (Lipinski definition) is 12. The van der Waals surface area contributed by atoms with Crippen LogP contribution in [-0.2, 0) is 62.4 Å². The van der Waals surface area contributed by atoms with E-state index >= 15 is 0 Å². The zero-order valence-corrected chi connectivity index (χ0v) is 42.1. The van der Waals surface area contributed by atoms with E-state index in [1.165, 1.54) is 40.2 Å². The van der Waals surface area contributed by atoms with Crippen LogP contribution in [0.5, 0.6) is 0 Å². The van der Waals surface area contributed by atoms with Crippen LogP contribution in [0.2, 0.25) is 0 Å². The van der Waals surface area contributed by atoms with E-state index in [9.17, 15) is 43.2 Å². The molecule has 22 heteroatoms. The fourth-order valence-electron chi connectivity index (χ4n) is 7.70. The van der Waals surface area contributed by atoms with Crippen molar-refractivity contribution in [3.63, 3.8) is 0 Å². The number of aromatic nitrogens is 3. The van der Waals surface area contributed by atoms with Crippen LogP contribution < -0.4 is 54.4 Å². The Bertz CT molecular complexity index is 2540. The van der Waals surface area contributed by atoms with E-state index < -0.39 is 106 Å². The summed E-state index contributed by atoms with van der Waals surface area (Å²) in [5, 5.41) is 19.4. The smallest absolute Gasteiger partial charge is 0.245 e. The average Bonchev–Trinajstić information content (AvgIpc) is 4.00. The first-order valence-electron chi connectivity index (χ1n) is 23.9. The van der Waals surface area contributed by atoms with Gasteiger partial charge in [-0.3, -0.25) is 43.2 Å². The second kappa shape index (κ2) is 25.5. The molecule has 0 aliphatic heterocycles. The van der Waals surface area contributed by atoms with Crippen LogP contribution in [0.25, 0.3) is 10.9 Å². The van der Waals surface area contributed by atoms with Gasteiger partial charge in [0.1, 0.15) is 41.3 Å². The van der Waals surface area contributed by atoms with Gasteiger partial charge in [-0.05, 0) is 69.6 Å². The highest BCUT2D eigenvalue weighted by Crippen LogP contribution is 2.20. The lowest BCUT2D eigenvalue weighted by Crippen LogP contribution is -2.65. The number of aromatic amines is 2. The molecule has 0 saturated carbocycles. The number of fused-ring (bicyclic) bond motifs is 1. The third kappa shape index (κ3) is 16.2. The van der Waals surface area contributed by atoms with Gasteiger partial charge in [0.05, 0.1) is 12.4 Å². The second-order valence-corrected chi connectivity index (χ2v) is 19.5. The number of amides is 9. The number of nitrogens with one attached hydrogen (secondary N) is 9. The molecule has 0 aliphatic carbocycles. The van der Waals surface area contributed by atoms with Gasteiger partial charge in [0.25, 0.3) is 0 Å². The number of carbonyl (C=O) groups is 9. The Balaban J connectivity index is 1.52. The molecule has 22 nitrogen and oxygen atoms in total. The van der Waals surface area contributed by atoms with E-state index in [1.807, 2.05) is 31.2 Å². The molecule has 0 fully saturated rings. The monoisotopic (exact) mass is 998 g/mol. The summed E-state index contributed by atoms with van der Waals surface area (Å²) >= 11 is 0. The molecular formula is C50H71N13O9. The highest BCUT2D eigenvalue weighted by Gasteiger charge is 2.40. The Morgan fingerprint density at radius 3 is 1.82 bits per heavy atom. The number of H-pyrrole nitrogens is 2. The van der Waals surface area contributed by atoms with Gasteiger partial charge in [-0.1, -0.05) is 82.6 Å². The number of para-hydroxylation sites is 1. The van der Waals surface area contributed by atoms with Crippen molar-refractivity contribution in [2.45, 2.75) is 141 Å². The molecule has 4 aromatic rings. The quantitative estimate of drug-likeness (QED) is 0.0375. The lowest BCUT2D eigenvalue weighted by atomic mass is 9.96. The molecule has 4 rings (SSSR count). The molecule has 72 heavy (non-hydrogen) atoms. The van der Waals surface area contributed by atoms with Crippen molar-refractivity contribution in [3.05, 3.63) is 90.1 Å². The summed E-state index contributed by atoms with van der Waals surface area (Å²) < 4.78 is 0. The molecule has 2 heterocycles. The summed E-state index contributed by atoms with van der Waals surface area (Å²) in [6, 6.07) is 8.98. The summed E-state index contributed by atoms with van der Waals surface area (Å²) in [6.07, 6.45) is 4.59. The minimum Gasteiger partial charge on any atom is -0.370 e. The lowest BCUT2D eigenvalue weighted by molar-refractivity contribution is -0.139. The summed E-state index contributed by atoms with van der Waals surface area (Å²) in [4.78, 5) is 132. The standard InChI is InChI=1S/C50H71N13O9/c1-9-28(4)40(41(53)65)60-44(68)37(23-31-25-54-26-56-31)59-47(71)49(5,6)63-46(70)39(27(2)3)61-48(72)50(7,8)62-45(69)36(22-30-24-55-34-18-14-13-17-32(30)34)58-43(67)35(19-20-38(52)64)57-42(66)33(51)21-29-15-11-10-12-16-29/h10-18,24-28,33,35-37,39-40,55H,9,19-23,51H2,1-8H3,(H2,52,64)(H2,53,65)(H,54,56)(H,57,66)(H,58,67)(H,59,71)(H,60,68)(H,61,72)(H,62,69)(H,63,70)/t28-,33+,35-,36-,37-,39-,40-/m0/s1. The zero-order valence-electron chi connectivity index (χ0n) is 42.1. The molecule has 0 radical (unpaired) electrons. The average molecular weight is 998 g/mol.